The maximum absolute atomic E-state index is 12.2. The third-order valence-corrected chi connectivity index (χ3v) is 4.06. The number of carbonyl (C=O) groups is 1. The number of rotatable bonds is 6. The van der Waals surface area contributed by atoms with Gasteiger partial charge in [-0.05, 0) is 42.0 Å². The van der Waals surface area contributed by atoms with Crippen molar-refractivity contribution in [1.29, 1.82) is 0 Å². The third-order valence-electron chi connectivity index (χ3n) is 4.06. The number of hydrogen-bond donors (Lipinski definition) is 2. The van der Waals surface area contributed by atoms with Crippen molar-refractivity contribution in [2.75, 3.05) is 0 Å². The van der Waals surface area contributed by atoms with Gasteiger partial charge in [0.25, 0.3) is 0 Å². The first-order valence-corrected chi connectivity index (χ1v) is 8.73. The minimum atomic E-state index is -4.76. The van der Waals surface area contributed by atoms with E-state index in [4.69, 9.17) is 19.1 Å². The van der Waals surface area contributed by atoms with Crippen molar-refractivity contribution in [2.45, 2.75) is 12.5 Å². The van der Waals surface area contributed by atoms with Crippen molar-refractivity contribution in [3.63, 3.8) is 0 Å². The number of hydrogen-bond acceptors (Lipinski definition) is 7. The number of ether oxygens (including phenoxy) is 2. The van der Waals surface area contributed by atoms with Gasteiger partial charge in [-0.1, -0.05) is 12.1 Å². The van der Waals surface area contributed by atoms with E-state index in [9.17, 15) is 18.0 Å². The van der Waals surface area contributed by atoms with E-state index in [1.807, 2.05) is 0 Å². The van der Waals surface area contributed by atoms with Gasteiger partial charge >= 0.3 is 12.3 Å². The molecule has 2 aromatic heterocycles. The van der Waals surface area contributed by atoms with Crippen molar-refractivity contribution in [3.05, 3.63) is 78.0 Å². The second-order valence-corrected chi connectivity index (χ2v) is 6.24. The number of carboxylic acid groups (broad SMARTS) is 1. The Balaban J connectivity index is 1.39. The van der Waals surface area contributed by atoms with E-state index in [-0.39, 0.29) is 17.4 Å². The van der Waals surface area contributed by atoms with Crippen LogP contribution < -0.4 is 15.0 Å². The molecular weight excluding hydrogens is 421 g/mol. The van der Waals surface area contributed by atoms with Crippen molar-refractivity contribution in [2.24, 2.45) is 0 Å². The first-order valence-electron chi connectivity index (χ1n) is 8.73. The van der Waals surface area contributed by atoms with E-state index in [0.29, 0.717) is 22.8 Å². The fourth-order valence-electron chi connectivity index (χ4n) is 2.71. The molecule has 1 unspecified atom stereocenters. The summed E-state index contributed by atoms with van der Waals surface area (Å²) >= 11 is 0. The van der Waals surface area contributed by atoms with Crippen LogP contribution in [-0.2, 0) is 4.84 Å². The highest BCUT2D eigenvalue weighted by Crippen LogP contribution is 2.29. The number of halogens is 3. The SMILES string of the molecule is O=C(O)c1ccc(-c2ccc(OC3=CC(c4ccc(OC(F)(F)F)cc4)ON3)cn2)o1. The molecule has 3 heterocycles. The number of benzene rings is 1. The molecule has 1 aromatic carbocycles. The van der Waals surface area contributed by atoms with E-state index in [2.05, 4.69) is 15.2 Å². The Labute approximate surface area is 172 Å². The lowest BCUT2D eigenvalue weighted by Gasteiger charge is -2.11. The fourth-order valence-corrected chi connectivity index (χ4v) is 2.71. The molecule has 3 aromatic rings. The summed E-state index contributed by atoms with van der Waals surface area (Å²) in [6, 6.07) is 11.3. The molecule has 0 amide bonds. The Morgan fingerprint density at radius 3 is 2.42 bits per heavy atom. The van der Waals surface area contributed by atoms with E-state index in [1.54, 1.807) is 18.2 Å². The predicted octanol–water partition coefficient (Wildman–Crippen LogP) is 4.43. The summed E-state index contributed by atoms with van der Waals surface area (Å²) in [6.07, 6.45) is -2.33. The van der Waals surface area contributed by atoms with Crippen molar-refractivity contribution < 1.29 is 41.8 Å². The summed E-state index contributed by atoms with van der Waals surface area (Å²) in [4.78, 5) is 20.4. The highest BCUT2D eigenvalue weighted by molar-refractivity contribution is 5.85. The Bertz CT molecular complexity index is 1110. The normalized spacial score (nSPS) is 15.8. The Morgan fingerprint density at radius 1 is 1.06 bits per heavy atom. The Hall–Kier alpha value is -3.99. The van der Waals surface area contributed by atoms with E-state index in [1.165, 1.54) is 42.6 Å². The number of furan rings is 1. The molecule has 0 bridgehead atoms. The lowest BCUT2D eigenvalue weighted by molar-refractivity contribution is -0.274. The highest BCUT2D eigenvalue weighted by Gasteiger charge is 2.31. The van der Waals surface area contributed by atoms with Crippen LogP contribution in [0.5, 0.6) is 11.5 Å². The van der Waals surface area contributed by atoms with Gasteiger partial charge in [-0.3, -0.25) is 4.84 Å². The maximum Gasteiger partial charge on any atom is 0.573 e. The first kappa shape index (κ1) is 20.3. The van der Waals surface area contributed by atoms with E-state index in [0.717, 1.165) is 0 Å². The van der Waals surface area contributed by atoms with Crippen LogP contribution in [0.4, 0.5) is 13.2 Å². The molecule has 1 aliphatic rings. The molecular formula is C20H13F3N2O6. The number of nitrogens with zero attached hydrogens (tertiary/aromatic N) is 1. The van der Waals surface area contributed by atoms with Gasteiger partial charge in [0.2, 0.25) is 11.6 Å². The van der Waals surface area contributed by atoms with Crippen molar-refractivity contribution in [1.82, 2.24) is 10.5 Å². The number of aromatic carboxylic acids is 1. The summed E-state index contributed by atoms with van der Waals surface area (Å²) in [5.74, 6) is -0.780. The summed E-state index contributed by atoms with van der Waals surface area (Å²) < 4.78 is 51.4. The van der Waals surface area contributed by atoms with Gasteiger partial charge in [0, 0.05) is 6.08 Å². The average molecular weight is 434 g/mol. The minimum absolute atomic E-state index is 0.196. The third kappa shape index (κ3) is 4.95. The molecule has 160 valence electrons. The van der Waals surface area contributed by atoms with Gasteiger partial charge in [-0.25, -0.2) is 15.3 Å². The van der Waals surface area contributed by atoms with Gasteiger partial charge in [-0.2, -0.15) is 0 Å². The number of aromatic nitrogens is 1. The van der Waals surface area contributed by atoms with Crippen LogP contribution >= 0.6 is 0 Å². The molecule has 4 rings (SSSR count). The molecule has 0 saturated heterocycles. The molecule has 1 atom stereocenters. The molecule has 31 heavy (non-hydrogen) atoms. The summed E-state index contributed by atoms with van der Waals surface area (Å²) in [7, 11) is 0. The van der Waals surface area contributed by atoms with Gasteiger partial charge in [0.05, 0.1) is 6.20 Å². The first-order chi connectivity index (χ1) is 14.8. The molecule has 0 saturated carbocycles. The van der Waals surface area contributed by atoms with Gasteiger partial charge in [0.1, 0.15) is 23.3 Å². The summed E-state index contributed by atoms with van der Waals surface area (Å²) in [6.45, 7) is 0. The minimum Gasteiger partial charge on any atom is -0.475 e. The lowest BCUT2D eigenvalue weighted by Crippen LogP contribution is -2.17. The summed E-state index contributed by atoms with van der Waals surface area (Å²) in [5, 5.41) is 8.90. The van der Waals surface area contributed by atoms with Crippen LogP contribution in [-0.4, -0.2) is 22.4 Å². The quantitative estimate of drug-likeness (QED) is 0.587. The lowest BCUT2D eigenvalue weighted by atomic mass is 10.1. The van der Waals surface area contributed by atoms with Gasteiger partial charge < -0.3 is 19.0 Å². The zero-order chi connectivity index (χ0) is 22.0. The molecule has 0 fully saturated rings. The van der Waals surface area contributed by atoms with Gasteiger partial charge in [-0.15, -0.1) is 13.2 Å². The molecule has 1 aliphatic heterocycles. The van der Waals surface area contributed by atoms with Crippen LogP contribution in [0.2, 0.25) is 0 Å². The highest BCUT2D eigenvalue weighted by atomic mass is 19.4. The van der Waals surface area contributed by atoms with E-state index < -0.39 is 18.4 Å². The Morgan fingerprint density at radius 2 is 1.81 bits per heavy atom. The van der Waals surface area contributed by atoms with Crippen LogP contribution in [0.25, 0.3) is 11.5 Å². The zero-order valence-corrected chi connectivity index (χ0v) is 15.4. The molecule has 11 heteroatoms. The maximum atomic E-state index is 12.2. The smallest absolute Gasteiger partial charge is 0.475 e. The van der Waals surface area contributed by atoms with Crippen LogP contribution in [0, 0.1) is 0 Å². The fraction of sp³-hybridized carbons (Fsp3) is 0.100. The average Bonchev–Trinajstić information content (AvgIpc) is 3.38. The Kier molecular flexibility index (Phi) is 5.26. The number of nitrogens with one attached hydrogen (secondary N) is 1. The van der Waals surface area contributed by atoms with Crippen molar-refractivity contribution in [3.8, 4) is 23.0 Å². The monoisotopic (exact) mass is 434 g/mol. The molecule has 0 aliphatic carbocycles. The molecule has 2 N–H and O–H groups in total. The molecule has 0 radical (unpaired) electrons. The number of hydroxylamine groups is 1. The standard InChI is InChI=1S/C20H13F3N2O6/c21-20(22,23)30-12-3-1-11(2-4-12)17-9-18(25-31-17)28-13-5-6-14(24-10-13)15-7-8-16(29-15)19(26)27/h1-10,17,25H,(H,26,27). The molecule has 0 spiro atoms. The largest absolute Gasteiger partial charge is 0.573 e. The number of alkyl halides is 3. The van der Waals surface area contributed by atoms with Crippen LogP contribution in [0.1, 0.15) is 22.2 Å². The molecule has 8 nitrogen and oxygen atoms in total. The van der Waals surface area contributed by atoms with E-state index >= 15 is 0 Å². The van der Waals surface area contributed by atoms with Crippen LogP contribution in [0.15, 0.2) is 71.1 Å². The second kappa shape index (κ2) is 8.03. The predicted molar refractivity (Wildman–Crippen MR) is 97.7 cm³/mol. The zero-order valence-electron chi connectivity index (χ0n) is 15.4. The second-order valence-electron chi connectivity index (χ2n) is 6.24. The van der Waals surface area contributed by atoms with Crippen LogP contribution in [0.3, 0.4) is 0 Å². The van der Waals surface area contributed by atoms with Gasteiger partial charge in [0.15, 0.2) is 5.76 Å². The van der Waals surface area contributed by atoms with Crippen molar-refractivity contribution >= 4 is 5.97 Å². The number of carboxylic acids is 1. The number of pyridine rings is 1. The summed E-state index contributed by atoms with van der Waals surface area (Å²) in [5.41, 5.74) is 3.59. The topological polar surface area (TPSA) is 103 Å².